The molecule has 0 unspecified atom stereocenters. The van der Waals surface area contributed by atoms with Crippen molar-refractivity contribution < 1.29 is 0 Å². The van der Waals surface area contributed by atoms with E-state index in [2.05, 4.69) is 60.7 Å². The van der Waals surface area contributed by atoms with Crippen LogP contribution >= 0.6 is 0 Å². The fraction of sp³-hybridized carbons (Fsp3) is 0. The molecular formula is C20H17N. The highest BCUT2D eigenvalue weighted by atomic mass is 14.5. The van der Waals surface area contributed by atoms with Gasteiger partial charge in [-0.3, -0.25) is 0 Å². The minimum Gasteiger partial charge on any atom is -0.398 e. The molecule has 0 aromatic heterocycles. The number of fused-ring (bicyclic) bond motifs is 2. The van der Waals surface area contributed by atoms with Crippen molar-refractivity contribution in [3.8, 4) is 0 Å². The molecule has 1 heteroatoms. The zero-order chi connectivity index (χ0) is 14.5. The molecule has 1 nitrogen and oxygen atoms in total. The molecule has 0 saturated carbocycles. The summed E-state index contributed by atoms with van der Waals surface area (Å²) < 4.78 is 0. The van der Waals surface area contributed by atoms with Crippen molar-refractivity contribution >= 4 is 27.2 Å². The Morgan fingerprint density at radius 1 is 0.429 bits per heavy atom. The molecule has 0 aliphatic carbocycles. The maximum atomic E-state index is 5.76. The highest BCUT2D eigenvalue weighted by Crippen LogP contribution is 2.19. The van der Waals surface area contributed by atoms with Crippen LogP contribution in [0.25, 0.3) is 21.5 Å². The lowest BCUT2D eigenvalue weighted by Crippen LogP contribution is -1.84. The topological polar surface area (TPSA) is 26.0 Å². The van der Waals surface area contributed by atoms with Gasteiger partial charge in [0, 0.05) is 11.1 Å². The number of nitrogen functional groups attached to an aromatic ring is 1. The lowest BCUT2D eigenvalue weighted by Gasteiger charge is -1.98. The van der Waals surface area contributed by atoms with Gasteiger partial charge < -0.3 is 5.73 Å². The van der Waals surface area contributed by atoms with Gasteiger partial charge in [-0.05, 0) is 22.2 Å². The average molecular weight is 271 g/mol. The summed E-state index contributed by atoms with van der Waals surface area (Å²) in [5.41, 5.74) is 6.61. The smallest absolute Gasteiger partial charge is 0.0393 e. The Morgan fingerprint density at radius 2 is 0.857 bits per heavy atom. The van der Waals surface area contributed by atoms with Crippen molar-refractivity contribution in [2.24, 2.45) is 0 Å². The molecule has 0 fully saturated rings. The lowest BCUT2D eigenvalue weighted by molar-refractivity contribution is 1.73. The van der Waals surface area contributed by atoms with Crippen LogP contribution in [0.3, 0.4) is 0 Å². The van der Waals surface area contributed by atoms with E-state index in [9.17, 15) is 0 Å². The number of hydrogen-bond donors (Lipinski definition) is 1. The Labute approximate surface area is 124 Å². The van der Waals surface area contributed by atoms with E-state index in [1.807, 2.05) is 30.3 Å². The Morgan fingerprint density at radius 3 is 1.38 bits per heavy atom. The van der Waals surface area contributed by atoms with E-state index in [0.29, 0.717) is 0 Å². The van der Waals surface area contributed by atoms with Crippen LogP contribution in [-0.4, -0.2) is 0 Å². The fourth-order valence-corrected chi connectivity index (χ4v) is 2.38. The molecule has 4 rings (SSSR count). The number of benzene rings is 4. The Kier molecular flexibility index (Phi) is 3.83. The van der Waals surface area contributed by atoms with Gasteiger partial charge in [-0.25, -0.2) is 0 Å². The monoisotopic (exact) mass is 271 g/mol. The van der Waals surface area contributed by atoms with E-state index in [4.69, 9.17) is 5.73 Å². The molecule has 2 N–H and O–H groups in total. The molecular weight excluding hydrogens is 254 g/mol. The maximum absolute atomic E-state index is 5.76. The summed E-state index contributed by atoms with van der Waals surface area (Å²) >= 11 is 0. The van der Waals surface area contributed by atoms with E-state index in [1.165, 1.54) is 16.2 Å². The second kappa shape index (κ2) is 6.10. The third kappa shape index (κ3) is 3.03. The van der Waals surface area contributed by atoms with Crippen LogP contribution in [-0.2, 0) is 0 Å². The number of nitrogens with two attached hydrogens (primary N) is 1. The predicted molar refractivity (Wildman–Crippen MR) is 92.3 cm³/mol. The molecule has 0 atom stereocenters. The van der Waals surface area contributed by atoms with Gasteiger partial charge >= 0.3 is 0 Å². The molecule has 0 aliphatic heterocycles. The van der Waals surface area contributed by atoms with Crippen LogP contribution < -0.4 is 5.73 Å². The fourth-order valence-electron chi connectivity index (χ4n) is 2.38. The molecule has 102 valence electrons. The first-order valence-corrected chi connectivity index (χ1v) is 7.01. The van der Waals surface area contributed by atoms with Crippen molar-refractivity contribution in [2.45, 2.75) is 0 Å². The maximum Gasteiger partial charge on any atom is 0.0393 e. The second-order valence-electron chi connectivity index (χ2n) is 4.92. The van der Waals surface area contributed by atoms with Crippen LogP contribution in [0.5, 0.6) is 0 Å². The van der Waals surface area contributed by atoms with Crippen molar-refractivity contribution in [1.29, 1.82) is 0 Å². The number of rotatable bonds is 0. The van der Waals surface area contributed by atoms with Gasteiger partial charge in [0.25, 0.3) is 0 Å². The third-order valence-corrected chi connectivity index (χ3v) is 3.48. The van der Waals surface area contributed by atoms with Gasteiger partial charge in [0.2, 0.25) is 0 Å². The van der Waals surface area contributed by atoms with Crippen molar-refractivity contribution in [3.63, 3.8) is 0 Å². The Hall–Kier alpha value is -2.80. The van der Waals surface area contributed by atoms with Gasteiger partial charge in [-0.1, -0.05) is 84.9 Å². The summed E-state index contributed by atoms with van der Waals surface area (Å²) in [4.78, 5) is 0. The number of anilines is 1. The van der Waals surface area contributed by atoms with Crippen LogP contribution in [0.4, 0.5) is 5.69 Å². The van der Waals surface area contributed by atoms with Crippen molar-refractivity contribution in [2.75, 3.05) is 5.73 Å². The van der Waals surface area contributed by atoms with E-state index in [-0.39, 0.29) is 0 Å². The van der Waals surface area contributed by atoms with Crippen LogP contribution in [0.1, 0.15) is 0 Å². The highest BCUT2D eigenvalue weighted by Gasteiger charge is 1.92. The van der Waals surface area contributed by atoms with Gasteiger partial charge in [-0.2, -0.15) is 0 Å². The summed E-state index contributed by atoms with van der Waals surface area (Å²) in [6.45, 7) is 0. The van der Waals surface area contributed by atoms with E-state index >= 15 is 0 Å². The van der Waals surface area contributed by atoms with E-state index in [1.54, 1.807) is 0 Å². The average Bonchev–Trinajstić information content (AvgIpc) is 2.56. The molecule has 21 heavy (non-hydrogen) atoms. The van der Waals surface area contributed by atoms with E-state index < -0.39 is 0 Å². The van der Waals surface area contributed by atoms with Crippen molar-refractivity contribution in [3.05, 3.63) is 91.0 Å². The van der Waals surface area contributed by atoms with Gasteiger partial charge in [0.05, 0.1) is 0 Å². The quantitative estimate of drug-likeness (QED) is 0.434. The summed E-state index contributed by atoms with van der Waals surface area (Å²) in [6, 6.07) is 30.8. The first-order chi connectivity index (χ1) is 10.3. The molecule has 0 aliphatic rings. The van der Waals surface area contributed by atoms with E-state index in [0.717, 1.165) is 11.1 Å². The summed E-state index contributed by atoms with van der Waals surface area (Å²) in [5.74, 6) is 0. The first kappa shape index (κ1) is 13.2. The second-order valence-corrected chi connectivity index (χ2v) is 4.92. The molecule has 0 spiro atoms. The normalized spacial score (nSPS) is 10.1. The summed E-state index contributed by atoms with van der Waals surface area (Å²) in [5, 5.41) is 4.96. The SMILES string of the molecule is Nc1cccc2ccccc12.c1ccc2ccccc2c1. The molecule has 0 heterocycles. The first-order valence-electron chi connectivity index (χ1n) is 7.01. The summed E-state index contributed by atoms with van der Waals surface area (Å²) in [6.07, 6.45) is 0. The number of hydrogen-bond acceptors (Lipinski definition) is 1. The molecule has 0 saturated heterocycles. The molecule has 0 radical (unpaired) electrons. The van der Waals surface area contributed by atoms with Crippen LogP contribution in [0.2, 0.25) is 0 Å². The lowest BCUT2D eigenvalue weighted by atomic mass is 10.1. The molecule has 0 bridgehead atoms. The molecule has 0 amide bonds. The predicted octanol–water partition coefficient (Wildman–Crippen LogP) is 5.26. The van der Waals surface area contributed by atoms with Crippen LogP contribution in [0, 0.1) is 0 Å². The Balaban J connectivity index is 0.000000126. The highest BCUT2D eigenvalue weighted by molar-refractivity contribution is 5.92. The minimum absolute atomic E-state index is 0.850. The summed E-state index contributed by atoms with van der Waals surface area (Å²) in [7, 11) is 0. The Bertz CT molecular complexity index is 794. The zero-order valence-electron chi connectivity index (χ0n) is 11.7. The third-order valence-electron chi connectivity index (χ3n) is 3.48. The van der Waals surface area contributed by atoms with Crippen molar-refractivity contribution in [1.82, 2.24) is 0 Å². The zero-order valence-corrected chi connectivity index (χ0v) is 11.7. The van der Waals surface area contributed by atoms with Gasteiger partial charge in [0.15, 0.2) is 0 Å². The largest absolute Gasteiger partial charge is 0.398 e. The van der Waals surface area contributed by atoms with Crippen LogP contribution in [0.15, 0.2) is 91.0 Å². The molecule has 4 aromatic rings. The molecule has 4 aromatic carbocycles. The van der Waals surface area contributed by atoms with Gasteiger partial charge in [-0.15, -0.1) is 0 Å². The minimum atomic E-state index is 0.850. The standard InChI is InChI=1S/C10H9N.C10H8/c11-10-7-3-5-8-4-1-2-6-9(8)10;1-2-6-10-8-4-3-7-9(10)5-1/h1-7H,11H2;1-8H. The van der Waals surface area contributed by atoms with Gasteiger partial charge in [0.1, 0.15) is 0 Å².